The molecule has 0 spiro atoms. The Morgan fingerprint density at radius 3 is 2.64 bits per heavy atom. The third-order valence-corrected chi connectivity index (χ3v) is 4.97. The first-order chi connectivity index (χ1) is 13.3. The number of carbonyl (C=O) groups excluding carboxylic acids is 1. The summed E-state index contributed by atoms with van der Waals surface area (Å²) >= 11 is 0. The van der Waals surface area contributed by atoms with Gasteiger partial charge in [-0.1, -0.05) is 0 Å². The van der Waals surface area contributed by atoms with Crippen molar-refractivity contribution in [2.75, 3.05) is 0 Å². The molecule has 0 fully saturated rings. The fraction of sp³-hybridized carbons (Fsp3) is 0.190. The van der Waals surface area contributed by atoms with E-state index in [1.54, 1.807) is 18.6 Å². The number of aromatic amines is 1. The number of pyridine rings is 1. The average molecular weight is 376 g/mol. The van der Waals surface area contributed by atoms with Gasteiger partial charge < -0.3 is 19.7 Å². The highest BCUT2D eigenvalue weighted by Crippen LogP contribution is 2.29. The number of rotatable bonds is 4. The van der Waals surface area contributed by atoms with Gasteiger partial charge in [-0.25, -0.2) is 4.98 Å². The highest BCUT2D eigenvalue weighted by atomic mass is 16.3. The number of hydrogen-bond acceptors (Lipinski definition) is 4. The number of aromatic nitrogens is 3. The summed E-state index contributed by atoms with van der Waals surface area (Å²) in [6.45, 7) is 5.96. The fourth-order valence-corrected chi connectivity index (χ4v) is 3.56. The standard InChI is InChI=1S/C21H20N4O3/c1-11-6-12(2)23-21(27)17(11)9-25-13(3)24-19-16(20(22)26)7-15(8-18(19)25)14-4-5-28-10-14/h4-8,10H,9H2,1-3H3,(H2,22,26)(H,23,27). The van der Waals surface area contributed by atoms with Crippen molar-refractivity contribution in [1.82, 2.24) is 14.5 Å². The number of fused-ring (bicyclic) bond motifs is 1. The molecule has 4 rings (SSSR count). The normalized spacial score (nSPS) is 11.2. The zero-order chi connectivity index (χ0) is 20.0. The van der Waals surface area contributed by atoms with E-state index in [0.717, 1.165) is 27.9 Å². The number of nitrogens with two attached hydrogens (primary N) is 1. The molecule has 0 saturated carbocycles. The number of amides is 1. The summed E-state index contributed by atoms with van der Waals surface area (Å²) in [5.41, 5.74) is 11.1. The molecule has 0 aliphatic rings. The molecule has 7 heteroatoms. The van der Waals surface area contributed by atoms with Crippen LogP contribution in [0.2, 0.25) is 0 Å². The Bertz CT molecular complexity index is 1260. The molecule has 0 atom stereocenters. The van der Waals surface area contributed by atoms with Crippen molar-refractivity contribution in [2.45, 2.75) is 27.3 Å². The Morgan fingerprint density at radius 1 is 1.21 bits per heavy atom. The number of furan rings is 1. The van der Waals surface area contributed by atoms with Gasteiger partial charge in [0.25, 0.3) is 11.5 Å². The van der Waals surface area contributed by atoms with Gasteiger partial charge in [0, 0.05) is 16.8 Å². The number of hydrogen-bond donors (Lipinski definition) is 2. The molecule has 0 aliphatic carbocycles. The SMILES string of the molecule is Cc1cc(C)c(Cn2c(C)nc3c(C(N)=O)cc(-c4ccoc4)cc32)c(=O)[nH]1. The monoisotopic (exact) mass is 376 g/mol. The fourth-order valence-electron chi connectivity index (χ4n) is 3.56. The summed E-state index contributed by atoms with van der Waals surface area (Å²) in [6, 6.07) is 7.41. The Labute approximate surface area is 160 Å². The summed E-state index contributed by atoms with van der Waals surface area (Å²) in [6.07, 6.45) is 3.18. The Balaban J connectivity index is 1.96. The smallest absolute Gasteiger partial charge is 0.253 e. The molecule has 7 nitrogen and oxygen atoms in total. The average Bonchev–Trinajstić information content (AvgIpc) is 3.25. The topological polar surface area (TPSA) is 107 Å². The number of H-pyrrole nitrogens is 1. The maximum absolute atomic E-state index is 12.5. The largest absolute Gasteiger partial charge is 0.472 e. The maximum Gasteiger partial charge on any atom is 0.253 e. The number of benzene rings is 1. The number of nitrogens with zero attached hydrogens (tertiary/aromatic N) is 2. The zero-order valence-corrected chi connectivity index (χ0v) is 15.9. The maximum atomic E-state index is 12.5. The molecule has 0 radical (unpaired) electrons. The quantitative estimate of drug-likeness (QED) is 0.571. The number of imidazole rings is 1. The van der Waals surface area contributed by atoms with Crippen molar-refractivity contribution in [1.29, 1.82) is 0 Å². The second kappa shape index (κ2) is 6.53. The van der Waals surface area contributed by atoms with E-state index in [2.05, 4.69) is 9.97 Å². The van der Waals surface area contributed by atoms with Crippen LogP contribution in [-0.4, -0.2) is 20.4 Å². The highest BCUT2D eigenvalue weighted by Gasteiger charge is 2.18. The predicted molar refractivity (Wildman–Crippen MR) is 106 cm³/mol. The van der Waals surface area contributed by atoms with Crippen molar-refractivity contribution in [3.05, 3.63) is 75.4 Å². The van der Waals surface area contributed by atoms with Crippen LogP contribution >= 0.6 is 0 Å². The summed E-state index contributed by atoms with van der Waals surface area (Å²) in [5.74, 6) is 0.144. The van der Waals surface area contributed by atoms with Crippen molar-refractivity contribution >= 4 is 16.9 Å². The van der Waals surface area contributed by atoms with Crippen molar-refractivity contribution in [2.24, 2.45) is 5.73 Å². The molecule has 142 valence electrons. The molecule has 0 saturated heterocycles. The van der Waals surface area contributed by atoms with E-state index in [1.807, 2.05) is 43.5 Å². The van der Waals surface area contributed by atoms with Crippen LogP contribution in [0.3, 0.4) is 0 Å². The molecular weight excluding hydrogens is 356 g/mol. The lowest BCUT2D eigenvalue weighted by atomic mass is 10.0. The van der Waals surface area contributed by atoms with E-state index in [0.29, 0.717) is 29.0 Å². The molecule has 1 aromatic carbocycles. The van der Waals surface area contributed by atoms with Gasteiger partial charge in [0.2, 0.25) is 0 Å². The van der Waals surface area contributed by atoms with Gasteiger partial charge in [-0.3, -0.25) is 9.59 Å². The van der Waals surface area contributed by atoms with Crippen LogP contribution < -0.4 is 11.3 Å². The third-order valence-electron chi connectivity index (χ3n) is 4.97. The van der Waals surface area contributed by atoms with E-state index >= 15 is 0 Å². The van der Waals surface area contributed by atoms with Gasteiger partial charge in [-0.2, -0.15) is 0 Å². The van der Waals surface area contributed by atoms with Gasteiger partial charge in [-0.15, -0.1) is 0 Å². The van der Waals surface area contributed by atoms with Crippen molar-refractivity contribution in [3.8, 4) is 11.1 Å². The van der Waals surface area contributed by atoms with Crippen LogP contribution in [0.25, 0.3) is 22.2 Å². The highest BCUT2D eigenvalue weighted by molar-refractivity contribution is 6.06. The molecular formula is C21H20N4O3. The Morgan fingerprint density at radius 2 is 2.00 bits per heavy atom. The summed E-state index contributed by atoms with van der Waals surface area (Å²) in [7, 11) is 0. The van der Waals surface area contributed by atoms with Crippen LogP contribution in [0.4, 0.5) is 0 Å². The van der Waals surface area contributed by atoms with Crippen molar-refractivity contribution in [3.63, 3.8) is 0 Å². The minimum atomic E-state index is -0.552. The van der Waals surface area contributed by atoms with Crippen LogP contribution in [-0.2, 0) is 6.54 Å². The molecule has 0 bridgehead atoms. The number of nitrogens with one attached hydrogen (secondary N) is 1. The summed E-state index contributed by atoms with van der Waals surface area (Å²) in [4.78, 5) is 31.9. The second-order valence-corrected chi connectivity index (χ2v) is 6.96. The first-order valence-electron chi connectivity index (χ1n) is 8.88. The summed E-state index contributed by atoms with van der Waals surface area (Å²) < 4.78 is 7.10. The van der Waals surface area contributed by atoms with Gasteiger partial charge in [0.15, 0.2) is 0 Å². The minimum Gasteiger partial charge on any atom is -0.472 e. The van der Waals surface area contributed by atoms with Gasteiger partial charge in [0.1, 0.15) is 11.3 Å². The molecule has 0 unspecified atom stereocenters. The third kappa shape index (κ3) is 2.90. The first kappa shape index (κ1) is 17.8. The number of primary amides is 1. The lowest BCUT2D eigenvalue weighted by Crippen LogP contribution is -2.19. The molecule has 1 amide bonds. The van der Waals surface area contributed by atoms with Crippen molar-refractivity contribution < 1.29 is 9.21 Å². The minimum absolute atomic E-state index is 0.125. The molecule has 3 heterocycles. The van der Waals surface area contributed by atoms with Crippen LogP contribution in [0.5, 0.6) is 0 Å². The zero-order valence-electron chi connectivity index (χ0n) is 15.9. The van der Waals surface area contributed by atoms with E-state index in [9.17, 15) is 9.59 Å². The Hall–Kier alpha value is -3.61. The van der Waals surface area contributed by atoms with Crippen LogP contribution in [0, 0.1) is 20.8 Å². The molecule has 4 aromatic rings. The van der Waals surface area contributed by atoms with Crippen LogP contribution in [0.15, 0.2) is 46.0 Å². The van der Waals surface area contributed by atoms with Gasteiger partial charge >= 0.3 is 0 Å². The van der Waals surface area contributed by atoms with E-state index in [1.165, 1.54) is 0 Å². The second-order valence-electron chi connectivity index (χ2n) is 6.96. The molecule has 0 aliphatic heterocycles. The number of aryl methyl sites for hydroxylation is 3. The van der Waals surface area contributed by atoms with E-state index in [4.69, 9.17) is 10.2 Å². The molecule has 3 N–H and O–H groups in total. The summed E-state index contributed by atoms with van der Waals surface area (Å²) in [5, 5.41) is 0. The van der Waals surface area contributed by atoms with Gasteiger partial charge in [-0.05, 0) is 56.2 Å². The van der Waals surface area contributed by atoms with Gasteiger partial charge in [0.05, 0.1) is 30.2 Å². The predicted octanol–water partition coefficient (Wildman–Crippen LogP) is 3.06. The molecule has 28 heavy (non-hydrogen) atoms. The number of carbonyl (C=O) groups is 1. The molecule has 3 aromatic heterocycles. The lowest BCUT2D eigenvalue weighted by Gasteiger charge is -2.11. The van der Waals surface area contributed by atoms with Crippen LogP contribution in [0.1, 0.15) is 33.0 Å². The first-order valence-corrected chi connectivity index (χ1v) is 8.88. The lowest BCUT2D eigenvalue weighted by molar-refractivity contribution is 0.100. The van der Waals surface area contributed by atoms with E-state index < -0.39 is 5.91 Å². The Kier molecular flexibility index (Phi) is 4.15. The van der Waals surface area contributed by atoms with E-state index in [-0.39, 0.29) is 5.56 Å².